The lowest BCUT2D eigenvalue weighted by atomic mass is 9.68. The van der Waals surface area contributed by atoms with Crippen molar-refractivity contribution in [3.8, 4) is 22.4 Å². The van der Waals surface area contributed by atoms with Crippen LogP contribution in [-0.2, 0) is 12.5 Å². The van der Waals surface area contributed by atoms with E-state index in [1.807, 2.05) is 0 Å². The van der Waals surface area contributed by atoms with Gasteiger partial charge < -0.3 is 4.42 Å². The first-order valence-corrected chi connectivity index (χ1v) is 13.4. The molecule has 1 aliphatic rings. The van der Waals surface area contributed by atoms with Crippen LogP contribution in [0.4, 0.5) is 0 Å². The molecule has 5 aromatic rings. The zero-order valence-corrected chi connectivity index (χ0v) is 22.4. The first kappa shape index (κ1) is 23.0. The summed E-state index contributed by atoms with van der Waals surface area (Å²) in [5.41, 5.74) is 11.2. The van der Waals surface area contributed by atoms with Gasteiger partial charge in [0.15, 0.2) is 6.20 Å². The number of pyridine rings is 1. The van der Waals surface area contributed by atoms with Gasteiger partial charge in [-0.05, 0) is 59.9 Å². The predicted molar refractivity (Wildman–Crippen MR) is 150 cm³/mol. The molecule has 0 spiro atoms. The van der Waals surface area contributed by atoms with Crippen molar-refractivity contribution in [2.24, 2.45) is 18.9 Å². The van der Waals surface area contributed by atoms with Crippen molar-refractivity contribution >= 4 is 21.9 Å². The molecule has 0 amide bonds. The van der Waals surface area contributed by atoms with Crippen molar-refractivity contribution in [1.29, 1.82) is 0 Å². The standard InChI is InChI=1S/C34H36NO/c1-21(2)19-34(20-22(3)4)27-12-8-7-11-26(27)31-28(34)17-16-25-24-15-14-23(5)30(32(24)36-33(25)31)29-13-9-10-18-35(29)6/h7-18,21-22H,19-20H2,1-6H3/q+1. The molecule has 182 valence electrons. The molecule has 2 heteroatoms. The number of hydrogen-bond donors (Lipinski definition) is 0. The van der Waals surface area contributed by atoms with Crippen LogP contribution in [0.5, 0.6) is 0 Å². The predicted octanol–water partition coefficient (Wildman–Crippen LogP) is 8.74. The Bertz CT molecular complexity index is 1610. The Morgan fingerprint density at radius 3 is 2.06 bits per heavy atom. The van der Waals surface area contributed by atoms with Crippen molar-refractivity contribution in [2.45, 2.75) is 52.9 Å². The molecule has 0 bridgehead atoms. The minimum atomic E-state index is 0.0199. The molecule has 0 atom stereocenters. The van der Waals surface area contributed by atoms with E-state index in [1.165, 1.54) is 49.8 Å². The number of hydrogen-bond acceptors (Lipinski definition) is 1. The number of benzene rings is 3. The van der Waals surface area contributed by atoms with Gasteiger partial charge in [-0.25, -0.2) is 4.57 Å². The van der Waals surface area contributed by atoms with Gasteiger partial charge in [0.05, 0.1) is 5.56 Å². The zero-order chi connectivity index (χ0) is 25.2. The second-order valence-corrected chi connectivity index (χ2v) is 11.6. The topological polar surface area (TPSA) is 17.0 Å². The Morgan fingerprint density at radius 1 is 0.722 bits per heavy atom. The van der Waals surface area contributed by atoms with Gasteiger partial charge in [0.2, 0.25) is 5.69 Å². The molecule has 3 aromatic carbocycles. The van der Waals surface area contributed by atoms with E-state index in [1.54, 1.807) is 0 Å². The smallest absolute Gasteiger partial charge is 0.216 e. The molecule has 1 aliphatic carbocycles. The summed E-state index contributed by atoms with van der Waals surface area (Å²) in [6.07, 6.45) is 4.40. The van der Waals surface area contributed by atoms with Gasteiger partial charge >= 0.3 is 0 Å². The van der Waals surface area contributed by atoms with Crippen LogP contribution in [0.3, 0.4) is 0 Å². The molecule has 2 nitrogen and oxygen atoms in total. The molecule has 36 heavy (non-hydrogen) atoms. The Hall–Kier alpha value is -3.39. The van der Waals surface area contributed by atoms with Crippen molar-refractivity contribution in [3.05, 3.63) is 89.6 Å². The summed E-state index contributed by atoms with van der Waals surface area (Å²) in [5.74, 6) is 1.20. The third kappa shape index (κ3) is 3.27. The number of aryl methyl sites for hydroxylation is 2. The summed E-state index contributed by atoms with van der Waals surface area (Å²) in [5, 5.41) is 2.41. The molecule has 0 saturated heterocycles. The lowest BCUT2D eigenvalue weighted by molar-refractivity contribution is -0.660. The quantitative estimate of drug-likeness (QED) is 0.233. The molecule has 0 unspecified atom stereocenters. The maximum atomic E-state index is 6.96. The number of rotatable bonds is 5. The number of nitrogens with zero attached hydrogens (tertiary/aromatic N) is 1. The van der Waals surface area contributed by atoms with Crippen LogP contribution in [0.15, 0.2) is 77.3 Å². The first-order chi connectivity index (χ1) is 17.3. The molecule has 6 rings (SSSR count). The fraction of sp³-hybridized carbons (Fsp3) is 0.324. The second kappa shape index (κ2) is 8.34. The van der Waals surface area contributed by atoms with Crippen molar-refractivity contribution in [3.63, 3.8) is 0 Å². The van der Waals surface area contributed by atoms with Crippen LogP contribution in [0, 0.1) is 18.8 Å². The van der Waals surface area contributed by atoms with Crippen LogP contribution in [0.25, 0.3) is 44.3 Å². The minimum Gasteiger partial charge on any atom is -0.454 e. The third-order valence-electron chi connectivity index (χ3n) is 8.07. The Morgan fingerprint density at radius 2 is 1.36 bits per heavy atom. The molecule has 0 aliphatic heterocycles. The summed E-state index contributed by atoms with van der Waals surface area (Å²) in [6, 6.07) is 24.7. The van der Waals surface area contributed by atoms with E-state index < -0.39 is 0 Å². The average molecular weight is 475 g/mol. The highest BCUT2D eigenvalue weighted by molar-refractivity contribution is 6.14. The molecule has 0 saturated carbocycles. The van der Waals surface area contributed by atoms with Crippen LogP contribution < -0.4 is 4.57 Å². The number of aromatic nitrogens is 1. The summed E-state index contributed by atoms with van der Waals surface area (Å²) >= 11 is 0. The van der Waals surface area contributed by atoms with E-state index in [4.69, 9.17) is 4.42 Å². The third-order valence-corrected chi connectivity index (χ3v) is 8.07. The van der Waals surface area contributed by atoms with Gasteiger partial charge in [0.1, 0.15) is 18.2 Å². The first-order valence-electron chi connectivity index (χ1n) is 13.4. The average Bonchev–Trinajstić information content (AvgIpc) is 3.33. The van der Waals surface area contributed by atoms with Gasteiger partial charge in [-0.1, -0.05) is 76.2 Å². The van der Waals surface area contributed by atoms with E-state index in [2.05, 4.69) is 119 Å². The fourth-order valence-electron chi connectivity index (χ4n) is 6.95. The van der Waals surface area contributed by atoms with Gasteiger partial charge in [-0.15, -0.1) is 0 Å². The van der Waals surface area contributed by atoms with Gasteiger partial charge in [0, 0.05) is 33.9 Å². The summed E-state index contributed by atoms with van der Waals surface area (Å²) in [4.78, 5) is 0. The Balaban J connectivity index is 1.72. The molecule has 2 heterocycles. The van der Waals surface area contributed by atoms with E-state index >= 15 is 0 Å². The maximum absolute atomic E-state index is 6.96. The summed E-state index contributed by atoms with van der Waals surface area (Å²) in [7, 11) is 2.11. The van der Waals surface area contributed by atoms with Crippen LogP contribution in [-0.4, -0.2) is 0 Å². The zero-order valence-electron chi connectivity index (χ0n) is 22.4. The van der Waals surface area contributed by atoms with E-state index in [0.29, 0.717) is 11.8 Å². The lowest BCUT2D eigenvalue weighted by Gasteiger charge is -2.35. The molecular weight excluding hydrogens is 438 g/mol. The number of fused-ring (bicyclic) bond motifs is 7. The SMILES string of the molecule is Cc1ccc2c(oc3c4c(ccc32)C(CC(C)C)(CC(C)C)c2ccccc2-4)c1-c1cccc[n+]1C. The second-order valence-electron chi connectivity index (χ2n) is 11.6. The summed E-state index contributed by atoms with van der Waals surface area (Å²) in [6.45, 7) is 11.6. The van der Waals surface area contributed by atoms with E-state index in [9.17, 15) is 0 Å². The normalized spacial score (nSPS) is 14.2. The van der Waals surface area contributed by atoms with Crippen LogP contribution in [0.1, 0.15) is 57.2 Å². The van der Waals surface area contributed by atoms with Crippen molar-refractivity contribution in [2.75, 3.05) is 0 Å². The lowest BCUT2D eigenvalue weighted by Crippen LogP contribution is -2.30. The van der Waals surface area contributed by atoms with Gasteiger partial charge in [-0.3, -0.25) is 0 Å². The highest BCUT2D eigenvalue weighted by Crippen LogP contribution is 2.57. The molecule has 0 radical (unpaired) electrons. The van der Waals surface area contributed by atoms with E-state index in [0.717, 1.165) is 24.0 Å². The Labute approximate surface area is 214 Å². The maximum Gasteiger partial charge on any atom is 0.216 e. The van der Waals surface area contributed by atoms with Gasteiger partial charge in [0.25, 0.3) is 0 Å². The monoisotopic (exact) mass is 474 g/mol. The van der Waals surface area contributed by atoms with Crippen molar-refractivity contribution in [1.82, 2.24) is 0 Å². The minimum absolute atomic E-state index is 0.0199. The highest BCUT2D eigenvalue weighted by Gasteiger charge is 2.45. The van der Waals surface area contributed by atoms with E-state index in [-0.39, 0.29) is 5.41 Å². The number of furan rings is 1. The van der Waals surface area contributed by atoms with Gasteiger partial charge in [-0.2, -0.15) is 0 Å². The fourth-order valence-corrected chi connectivity index (χ4v) is 6.95. The van der Waals surface area contributed by atoms with Crippen molar-refractivity contribution < 1.29 is 8.98 Å². The Kier molecular flexibility index (Phi) is 5.33. The molecule has 2 aromatic heterocycles. The molecular formula is C34H36NO+. The highest BCUT2D eigenvalue weighted by atomic mass is 16.3. The largest absolute Gasteiger partial charge is 0.454 e. The summed E-state index contributed by atoms with van der Waals surface area (Å²) < 4.78 is 9.15. The molecule has 0 fully saturated rings. The van der Waals surface area contributed by atoms with Crippen LogP contribution in [0.2, 0.25) is 0 Å². The van der Waals surface area contributed by atoms with Crippen LogP contribution >= 0.6 is 0 Å². The molecule has 0 N–H and O–H groups in total.